The smallest absolute Gasteiger partial charge is 0.422 e. The third-order valence-corrected chi connectivity index (χ3v) is 8.56. The molecule has 2 aromatic rings. The maximum Gasteiger partial charge on any atom is 0.422 e. The number of nitrogens with zero attached hydrogens (tertiary/aromatic N) is 1. The number of halogens is 4. The molecule has 0 atom stereocenters. The predicted molar refractivity (Wildman–Crippen MR) is 134 cm³/mol. The quantitative estimate of drug-likeness (QED) is 0.232. The van der Waals surface area contributed by atoms with Gasteiger partial charge in [-0.05, 0) is 68.3 Å². The van der Waals surface area contributed by atoms with E-state index < -0.39 is 33.3 Å². The van der Waals surface area contributed by atoms with Gasteiger partial charge in [-0.3, -0.25) is 10.0 Å². The van der Waals surface area contributed by atoms with E-state index in [-0.39, 0.29) is 41.6 Å². The zero-order valence-corrected chi connectivity index (χ0v) is 22.2. The fourth-order valence-corrected chi connectivity index (χ4v) is 5.97. The monoisotopic (exact) mass is 582 g/mol. The molecule has 1 heterocycles. The van der Waals surface area contributed by atoms with Crippen molar-refractivity contribution >= 4 is 28.2 Å². The van der Waals surface area contributed by atoms with Crippen LogP contribution in [0.5, 0.6) is 17.2 Å². The zero-order valence-electron chi connectivity index (χ0n) is 20.6. The van der Waals surface area contributed by atoms with Gasteiger partial charge in [0.2, 0.25) is 0 Å². The molecule has 1 amide bonds. The van der Waals surface area contributed by atoms with Crippen molar-refractivity contribution in [1.29, 1.82) is 0 Å². The molecule has 0 aromatic heterocycles. The number of nitrogens with one attached hydrogen (secondary N) is 1. The van der Waals surface area contributed by atoms with E-state index in [1.807, 2.05) is 11.8 Å². The summed E-state index contributed by atoms with van der Waals surface area (Å²) in [5, 5.41) is 9.32. The molecule has 212 valence electrons. The van der Waals surface area contributed by atoms with E-state index in [2.05, 4.69) is 4.74 Å². The lowest BCUT2D eigenvalue weighted by Crippen LogP contribution is -2.58. The number of benzene rings is 2. The normalized spacial score (nSPS) is 15.8. The van der Waals surface area contributed by atoms with E-state index in [1.165, 1.54) is 54.0 Å². The van der Waals surface area contributed by atoms with Crippen LogP contribution < -0.4 is 15.0 Å². The lowest BCUT2D eigenvalue weighted by molar-refractivity contribution is -0.153. The number of alkyl halides is 3. The third-order valence-electron chi connectivity index (χ3n) is 6.05. The Bertz CT molecular complexity index is 1140. The highest BCUT2D eigenvalue weighted by Crippen LogP contribution is 2.37. The van der Waals surface area contributed by atoms with E-state index in [9.17, 15) is 31.6 Å². The Balaban J connectivity index is 0.00000507. The van der Waals surface area contributed by atoms with Gasteiger partial charge in [-0.15, -0.1) is 12.4 Å². The summed E-state index contributed by atoms with van der Waals surface area (Å²) < 4.78 is 77.7. The number of hydrogen-bond acceptors (Lipinski definition) is 8. The topological polar surface area (TPSA) is 114 Å². The van der Waals surface area contributed by atoms with Gasteiger partial charge in [-0.25, -0.2) is 13.9 Å². The Labute approximate surface area is 225 Å². The van der Waals surface area contributed by atoms with Crippen molar-refractivity contribution in [2.75, 3.05) is 39.5 Å². The first kappa shape index (κ1) is 31.6. The number of hydrogen-bond donors (Lipinski definition) is 2. The van der Waals surface area contributed by atoms with Gasteiger partial charge in [-0.2, -0.15) is 13.2 Å². The van der Waals surface area contributed by atoms with Gasteiger partial charge in [0.05, 0.1) is 11.5 Å². The van der Waals surface area contributed by atoms with Crippen molar-refractivity contribution in [3.05, 3.63) is 48.5 Å². The lowest BCUT2D eigenvalue weighted by atomic mass is 9.95. The molecule has 0 spiro atoms. The van der Waals surface area contributed by atoms with E-state index in [0.29, 0.717) is 38.6 Å². The Morgan fingerprint density at radius 2 is 1.55 bits per heavy atom. The molecule has 3 rings (SSSR count). The fraction of sp³-hybridized carbons (Fsp3) is 0.458. The minimum atomic E-state index is -4.45. The van der Waals surface area contributed by atoms with Crippen molar-refractivity contribution in [2.45, 2.75) is 35.6 Å². The number of carbonyl (C=O) groups is 1. The summed E-state index contributed by atoms with van der Waals surface area (Å²) in [5.41, 5.74) is 1.53. The van der Waals surface area contributed by atoms with Crippen LogP contribution in [0.15, 0.2) is 53.4 Å². The summed E-state index contributed by atoms with van der Waals surface area (Å²) in [6, 6.07) is 10.9. The SMILES string of the molecule is CCOCCN1CCC(C(=O)NO)(S(=O)(=O)c2ccc(Oc3ccc(OCC(F)(F)F)cc3)cc2)CC1.Cl. The molecule has 1 fully saturated rings. The van der Waals surface area contributed by atoms with Crippen molar-refractivity contribution in [2.24, 2.45) is 0 Å². The molecule has 38 heavy (non-hydrogen) atoms. The summed E-state index contributed by atoms with van der Waals surface area (Å²) in [6.07, 6.45) is -4.46. The van der Waals surface area contributed by atoms with Crippen LogP contribution in [0.3, 0.4) is 0 Å². The van der Waals surface area contributed by atoms with E-state index >= 15 is 0 Å². The number of sulfone groups is 1. The number of likely N-dealkylation sites (tertiary alicyclic amines) is 1. The van der Waals surface area contributed by atoms with Crippen molar-refractivity contribution in [3.63, 3.8) is 0 Å². The van der Waals surface area contributed by atoms with Gasteiger partial charge < -0.3 is 19.1 Å². The maximum atomic E-state index is 13.6. The van der Waals surface area contributed by atoms with Crippen LogP contribution in [-0.2, 0) is 19.4 Å². The molecule has 2 N–H and O–H groups in total. The standard InChI is InChI=1S/C24H29F3N2O7S.ClH/c1-2-34-16-15-29-13-11-23(12-14-29,22(30)28-31)37(32,33)21-9-7-20(8-10-21)36-19-5-3-18(4-6-19)35-17-24(25,26)27;/h3-10,31H,2,11-17H2,1H3,(H,28,30);1H. The van der Waals surface area contributed by atoms with Crippen LogP contribution in [0, 0.1) is 0 Å². The number of amides is 1. The van der Waals surface area contributed by atoms with Gasteiger partial charge in [-0.1, -0.05) is 0 Å². The Morgan fingerprint density at radius 1 is 1.03 bits per heavy atom. The largest absolute Gasteiger partial charge is 0.484 e. The zero-order chi connectivity index (χ0) is 27.1. The molecule has 1 saturated heterocycles. The van der Waals surface area contributed by atoms with E-state index in [1.54, 1.807) is 0 Å². The molecule has 2 aromatic carbocycles. The van der Waals surface area contributed by atoms with E-state index in [0.717, 1.165) is 0 Å². The number of ether oxygens (including phenoxy) is 3. The molecule has 1 aliphatic rings. The Hall–Kier alpha value is -2.58. The lowest BCUT2D eigenvalue weighted by Gasteiger charge is -2.39. The summed E-state index contributed by atoms with van der Waals surface area (Å²) in [7, 11) is -4.19. The first-order chi connectivity index (χ1) is 17.5. The van der Waals surface area contributed by atoms with Gasteiger partial charge in [0, 0.05) is 26.2 Å². The molecule has 14 heteroatoms. The van der Waals surface area contributed by atoms with Crippen LogP contribution in [0.2, 0.25) is 0 Å². The fourth-order valence-electron chi connectivity index (χ4n) is 4.01. The van der Waals surface area contributed by atoms with Gasteiger partial charge >= 0.3 is 6.18 Å². The average molecular weight is 583 g/mol. The summed E-state index contributed by atoms with van der Waals surface area (Å²) in [5.74, 6) is -0.396. The minimum absolute atomic E-state index is 0. The molecule has 9 nitrogen and oxygen atoms in total. The molecule has 0 bridgehead atoms. The van der Waals surface area contributed by atoms with Crippen LogP contribution in [0.4, 0.5) is 13.2 Å². The van der Waals surface area contributed by atoms with Crippen LogP contribution >= 0.6 is 12.4 Å². The van der Waals surface area contributed by atoms with Crippen molar-refractivity contribution in [1.82, 2.24) is 10.4 Å². The second kappa shape index (κ2) is 13.5. The van der Waals surface area contributed by atoms with Crippen LogP contribution in [0.25, 0.3) is 0 Å². The summed E-state index contributed by atoms with van der Waals surface area (Å²) in [4.78, 5) is 14.5. The predicted octanol–water partition coefficient (Wildman–Crippen LogP) is 3.99. The van der Waals surface area contributed by atoms with Crippen LogP contribution in [-0.4, -0.2) is 74.8 Å². The highest BCUT2D eigenvalue weighted by Gasteiger charge is 2.52. The number of piperidine rings is 1. The highest BCUT2D eigenvalue weighted by atomic mass is 35.5. The average Bonchev–Trinajstić information content (AvgIpc) is 2.88. The van der Waals surface area contributed by atoms with Crippen molar-refractivity contribution in [3.8, 4) is 17.2 Å². The number of hydroxylamine groups is 1. The molecule has 0 aliphatic carbocycles. The Kier molecular flexibility index (Phi) is 11.2. The molecule has 1 aliphatic heterocycles. The van der Waals surface area contributed by atoms with Crippen molar-refractivity contribution < 1.29 is 45.8 Å². The molecule has 0 saturated carbocycles. The summed E-state index contributed by atoms with van der Waals surface area (Å²) in [6.45, 7) is 2.81. The van der Waals surface area contributed by atoms with Crippen LogP contribution in [0.1, 0.15) is 19.8 Å². The van der Waals surface area contributed by atoms with Gasteiger partial charge in [0.1, 0.15) is 17.2 Å². The first-order valence-corrected chi connectivity index (χ1v) is 13.1. The molecular formula is C24H30ClF3N2O7S. The first-order valence-electron chi connectivity index (χ1n) is 11.6. The second-order valence-corrected chi connectivity index (χ2v) is 10.7. The maximum absolute atomic E-state index is 13.6. The highest BCUT2D eigenvalue weighted by molar-refractivity contribution is 7.93. The minimum Gasteiger partial charge on any atom is -0.484 e. The molecular weight excluding hydrogens is 553 g/mol. The second-order valence-electron chi connectivity index (χ2n) is 8.43. The number of rotatable bonds is 11. The molecule has 0 unspecified atom stereocenters. The van der Waals surface area contributed by atoms with Gasteiger partial charge in [0.25, 0.3) is 5.91 Å². The van der Waals surface area contributed by atoms with Gasteiger partial charge in [0.15, 0.2) is 21.2 Å². The van der Waals surface area contributed by atoms with E-state index in [4.69, 9.17) is 9.47 Å². The summed E-state index contributed by atoms with van der Waals surface area (Å²) >= 11 is 0. The molecule has 0 radical (unpaired) electrons. The number of carbonyl (C=O) groups excluding carboxylic acids is 1. The third kappa shape index (κ3) is 7.73. The Morgan fingerprint density at radius 3 is 2.05 bits per heavy atom.